The van der Waals surface area contributed by atoms with Gasteiger partial charge in [0.2, 0.25) is 0 Å². The molecule has 1 aromatic heterocycles. The second-order valence-electron chi connectivity index (χ2n) is 6.13. The van der Waals surface area contributed by atoms with Crippen LogP contribution in [-0.2, 0) is 0 Å². The average molecular weight is 331 g/mol. The molecule has 0 aliphatic rings. The Bertz CT molecular complexity index is 919. The molecule has 4 nitrogen and oxygen atoms in total. The summed E-state index contributed by atoms with van der Waals surface area (Å²) >= 11 is 0. The molecule has 3 aromatic rings. The van der Waals surface area contributed by atoms with E-state index in [4.69, 9.17) is 0 Å². The van der Waals surface area contributed by atoms with Crippen LogP contribution in [0.25, 0.3) is 0 Å². The number of nitrogens with one attached hydrogen (secondary N) is 2. The van der Waals surface area contributed by atoms with E-state index >= 15 is 0 Å². The van der Waals surface area contributed by atoms with Gasteiger partial charge in [0.25, 0.3) is 5.91 Å². The second-order valence-corrected chi connectivity index (χ2v) is 6.13. The van der Waals surface area contributed by atoms with Crippen LogP contribution < -0.4 is 10.6 Å². The summed E-state index contributed by atoms with van der Waals surface area (Å²) in [6, 6.07) is 17.5. The molecular formula is C21H21N3O. The van der Waals surface area contributed by atoms with Crippen LogP contribution in [0.3, 0.4) is 0 Å². The Balaban J connectivity index is 1.78. The number of carbonyl (C=O) groups excluding carboxylic acids is 1. The van der Waals surface area contributed by atoms with Gasteiger partial charge in [0.15, 0.2) is 0 Å². The van der Waals surface area contributed by atoms with E-state index in [0.717, 1.165) is 28.2 Å². The zero-order valence-corrected chi connectivity index (χ0v) is 14.6. The van der Waals surface area contributed by atoms with Crippen molar-refractivity contribution in [3.8, 4) is 0 Å². The largest absolute Gasteiger partial charge is 0.355 e. The van der Waals surface area contributed by atoms with E-state index in [-0.39, 0.29) is 5.91 Å². The van der Waals surface area contributed by atoms with Crippen molar-refractivity contribution in [3.05, 3.63) is 83.2 Å². The maximum Gasteiger partial charge on any atom is 0.274 e. The summed E-state index contributed by atoms with van der Waals surface area (Å²) in [5, 5.41) is 6.24. The molecular weight excluding hydrogens is 310 g/mol. The molecule has 0 fully saturated rings. The maximum absolute atomic E-state index is 12.5. The molecule has 0 unspecified atom stereocenters. The minimum Gasteiger partial charge on any atom is -0.355 e. The topological polar surface area (TPSA) is 54.0 Å². The van der Waals surface area contributed by atoms with Crippen LogP contribution in [0, 0.1) is 20.8 Å². The summed E-state index contributed by atoms with van der Waals surface area (Å²) in [4.78, 5) is 16.7. The Morgan fingerprint density at radius 1 is 0.920 bits per heavy atom. The van der Waals surface area contributed by atoms with E-state index in [2.05, 4.69) is 21.7 Å². The summed E-state index contributed by atoms with van der Waals surface area (Å²) in [6.45, 7) is 6.06. The Morgan fingerprint density at radius 2 is 1.68 bits per heavy atom. The van der Waals surface area contributed by atoms with Crippen molar-refractivity contribution in [1.29, 1.82) is 0 Å². The number of nitrogens with zero attached hydrogens (tertiary/aromatic N) is 1. The molecule has 2 aromatic carbocycles. The first-order valence-electron chi connectivity index (χ1n) is 8.20. The van der Waals surface area contributed by atoms with Crippen LogP contribution in [0.2, 0.25) is 0 Å². The molecule has 0 aliphatic carbocycles. The second kappa shape index (κ2) is 7.18. The highest BCUT2D eigenvalue weighted by atomic mass is 16.1. The lowest BCUT2D eigenvalue weighted by Crippen LogP contribution is -2.14. The van der Waals surface area contributed by atoms with Gasteiger partial charge >= 0.3 is 0 Å². The first-order chi connectivity index (χ1) is 12.0. The Hall–Kier alpha value is -3.14. The molecule has 0 spiro atoms. The molecule has 0 saturated heterocycles. The number of amides is 1. The molecule has 25 heavy (non-hydrogen) atoms. The van der Waals surface area contributed by atoms with Gasteiger partial charge in [-0.15, -0.1) is 0 Å². The van der Waals surface area contributed by atoms with Crippen LogP contribution >= 0.6 is 0 Å². The first kappa shape index (κ1) is 16.7. The van der Waals surface area contributed by atoms with Crippen LogP contribution in [0.4, 0.5) is 17.1 Å². The molecule has 0 saturated carbocycles. The van der Waals surface area contributed by atoms with Crippen LogP contribution in [0.1, 0.15) is 27.2 Å². The van der Waals surface area contributed by atoms with E-state index in [1.807, 2.05) is 63.2 Å². The van der Waals surface area contributed by atoms with E-state index in [0.29, 0.717) is 5.69 Å². The van der Waals surface area contributed by atoms with Crippen molar-refractivity contribution < 1.29 is 4.79 Å². The van der Waals surface area contributed by atoms with Crippen molar-refractivity contribution in [3.63, 3.8) is 0 Å². The van der Waals surface area contributed by atoms with Crippen molar-refractivity contribution in [2.24, 2.45) is 0 Å². The number of hydrogen-bond acceptors (Lipinski definition) is 3. The normalized spacial score (nSPS) is 10.4. The van der Waals surface area contributed by atoms with Crippen molar-refractivity contribution in [2.45, 2.75) is 20.8 Å². The summed E-state index contributed by atoms with van der Waals surface area (Å²) in [6.07, 6.45) is 1.64. The quantitative estimate of drug-likeness (QED) is 0.707. The molecule has 2 N–H and O–H groups in total. The lowest BCUT2D eigenvalue weighted by Gasteiger charge is -2.11. The number of pyridine rings is 1. The number of aromatic nitrogens is 1. The van der Waals surface area contributed by atoms with Gasteiger partial charge in [0, 0.05) is 23.3 Å². The summed E-state index contributed by atoms with van der Waals surface area (Å²) in [5.74, 6) is -0.221. The van der Waals surface area contributed by atoms with Crippen molar-refractivity contribution in [1.82, 2.24) is 4.98 Å². The number of rotatable bonds is 4. The van der Waals surface area contributed by atoms with Crippen molar-refractivity contribution >= 4 is 23.0 Å². The van der Waals surface area contributed by atoms with Crippen LogP contribution in [0.15, 0.2) is 60.8 Å². The van der Waals surface area contributed by atoms with Gasteiger partial charge in [0.05, 0.1) is 0 Å². The number of aryl methyl sites for hydroxylation is 2. The number of benzene rings is 2. The van der Waals surface area contributed by atoms with Gasteiger partial charge in [-0.05, 0) is 67.8 Å². The minimum absolute atomic E-state index is 0.221. The standard InChI is InChI=1S/C21H21N3O/c1-14-6-4-8-17(12-14)23-18-10-11-22-20(13-18)21(25)24-19-9-5-7-15(2)16(19)3/h4-13H,1-3H3,(H,22,23)(H,24,25). The highest BCUT2D eigenvalue weighted by Crippen LogP contribution is 2.20. The molecule has 1 amide bonds. The predicted octanol–water partition coefficient (Wildman–Crippen LogP) is 5.00. The van der Waals surface area contributed by atoms with Gasteiger partial charge < -0.3 is 10.6 Å². The third-order valence-electron chi connectivity index (χ3n) is 4.15. The third-order valence-corrected chi connectivity index (χ3v) is 4.15. The molecule has 0 atom stereocenters. The van der Waals surface area contributed by atoms with Gasteiger partial charge in [-0.3, -0.25) is 9.78 Å². The lowest BCUT2D eigenvalue weighted by atomic mass is 10.1. The molecule has 0 radical (unpaired) electrons. The fraction of sp³-hybridized carbons (Fsp3) is 0.143. The SMILES string of the molecule is Cc1cccc(Nc2ccnc(C(=O)Nc3cccc(C)c3C)c2)c1. The predicted molar refractivity (Wildman–Crippen MR) is 103 cm³/mol. The molecule has 4 heteroatoms. The van der Waals surface area contributed by atoms with Crippen LogP contribution in [0.5, 0.6) is 0 Å². The van der Waals surface area contributed by atoms with Crippen LogP contribution in [-0.4, -0.2) is 10.9 Å². The number of hydrogen-bond donors (Lipinski definition) is 2. The number of carbonyl (C=O) groups is 1. The highest BCUT2D eigenvalue weighted by Gasteiger charge is 2.10. The van der Waals surface area contributed by atoms with Gasteiger partial charge in [-0.2, -0.15) is 0 Å². The Labute approximate surface area is 147 Å². The van der Waals surface area contributed by atoms with E-state index in [9.17, 15) is 4.79 Å². The number of anilines is 3. The minimum atomic E-state index is -0.221. The van der Waals surface area contributed by atoms with Gasteiger partial charge in [-0.25, -0.2) is 0 Å². The highest BCUT2D eigenvalue weighted by molar-refractivity contribution is 6.03. The fourth-order valence-corrected chi connectivity index (χ4v) is 2.59. The summed E-state index contributed by atoms with van der Waals surface area (Å²) < 4.78 is 0. The molecule has 1 heterocycles. The van der Waals surface area contributed by atoms with Crippen molar-refractivity contribution in [2.75, 3.05) is 10.6 Å². The lowest BCUT2D eigenvalue weighted by molar-refractivity contribution is 0.102. The van der Waals surface area contributed by atoms with Gasteiger partial charge in [-0.1, -0.05) is 24.3 Å². The third kappa shape index (κ3) is 4.04. The molecule has 3 rings (SSSR count). The smallest absolute Gasteiger partial charge is 0.274 e. The zero-order chi connectivity index (χ0) is 17.8. The maximum atomic E-state index is 12.5. The van der Waals surface area contributed by atoms with E-state index < -0.39 is 0 Å². The van der Waals surface area contributed by atoms with E-state index in [1.165, 1.54) is 5.56 Å². The Kier molecular flexibility index (Phi) is 4.80. The van der Waals surface area contributed by atoms with Gasteiger partial charge in [0.1, 0.15) is 5.69 Å². The monoisotopic (exact) mass is 331 g/mol. The van der Waals surface area contributed by atoms with E-state index in [1.54, 1.807) is 12.3 Å². The first-order valence-corrected chi connectivity index (χ1v) is 8.20. The Morgan fingerprint density at radius 3 is 2.48 bits per heavy atom. The summed E-state index contributed by atoms with van der Waals surface area (Å²) in [5.41, 5.74) is 6.36. The fourth-order valence-electron chi connectivity index (χ4n) is 2.59. The molecule has 0 aliphatic heterocycles. The molecule has 0 bridgehead atoms. The summed E-state index contributed by atoms with van der Waals surface area (Å²) in [7, 11) is 0. The average Bonchev–Trinajstić information content (AvgIpc) is 2.59. The zero-order valence-electron chi connectivity index (χ0n) is 14.6. The molecule has 126 valence electrons.